The number of amides is 1. The highest BCUT2D eigenvalue weighted by atomic mass is 32.2. The van der Waals surface area contributed by atoms with E-state index in [4.69, 9.17) is 0 Å². The van der Waals surface area contributed by atoms with Crippen LogP contribution < -0.4 is 4.90 Å². The smallest absolute Gasteiger partial charge is 0.241 e. The molecule has 2 aliphatic rings. The van der Waals surface area contributed by atoms with Crippen molar-refractivity contribution in [2.75, 3.05) is 29.5 Å². The largest absolute Gasteiger partial charge is 0.307 e. The van der Waals surface area contributed by atoms with Gasteiger partial charge in [-0.3, -0.25) is 9.69 Å². The molecule has 0 N–H and O–H groups in total. The molecule has 2 aromatic rings. The number of rotatable bonds is 5. The Morgan fingerprint density at radius 2 is 1.68 bits per heavy atom. The van der Waals surface area contributed by atoms with Crippen molar-refractivity contribution in [1.82, 2.24) is 4.90 Å². The third kappa shape index (κ3) is 4.13. The topological polar surface area (TPSA) is 57.7 Å². The van der Waals surface area contributed by atoms with E-state index in [1.165, 1.54) is 5.56 Å². The standard InChI is InChI=1S/C22H26N2O3S/c25-22(16-23-14-7-12-21(23)18-8-3-1-4-9-18)24(19-10-5-2-6-11-19)20-13-15-28(26,27)17-20/h1-6,8-11,20-21H,7,12-17H2/t20-,21-/m0/s1. The van der Waals surface area contributed by atoms with Gasteiger partial charge in [0.1, 0.15) is 0 Å². The van der Waals surface area contributed by atoms with Crippen LogP contribution >= 0.6 is 0 Å². The molecule has 2 atom stereocenters. The summed E-state index contributed by atoms with van der Waals surface area (Å²) in [6, 6.07) is 19.7. The summed E-state index contributed by atoms with van der Waals surface area (Å²) >= 11 is 0. The molecule has 0 aromatic heterocycles. The van der Waals surface area contributed by atoms with Crippen molar-refractivity contribution in [3.8, 4) is 0 Å². The highest BCUT2D eigenvalue weighted by Gasteiger charge is 2.37. The lowest BCUT2D eigenvalue weighted by molar-refractivity contribution is -0.120. The summed E-state index contributed by atoms with van der Waals surface area (Å²) in [6.07, 6.45) is 2.61. The number of sulfone groups is 1. The Kier molecular flexibility index (Phi) is 5.51. The maximum absolute atomic E-state index is 13.4. The molecule has 0 unspecified atom stereocenters. The highest BCUT2D eigenvalue weighted by Crippen LogP contribution is 2.32. The van der Waals surface area contributed by atoms with Gasteiger partial charge in [0.15, 0.2) is 9.84 Å². The molecular formula is C22H26N2O3S. The lowest BCUT2D eigenvalue weighted by Crippen LogP contribution is -2.46. The van der Waals surface area contributed by atoms with Gasteiger partial charge < -0.3 is 4.90 Å². The van der Waals surface area contributed by atoms with Gasteiger partial charge in [-0.2, -0.15) is 0 Å². The van der Waals surface area contributed by atoms with Crippen LogP contribution in [-0.4, -0.2) is 49.9 Å². The quantitative estimate of drug-likeness (QED) is 0.777. The number of hydrogen-bond acceptors (Lipinski definition) is 4. The van der Waals surface area contributed by atoms with Crippen LogP contribution in [0, 0.1) is 0 Å². The Balaban J connectivity index is 1.56. The van der Waals surface area contributed by atoms with Crippen molar-refractivity contribution in [2.24, 2.45) is 0 Å². The van der Waals surface area contributed by atoms with Gasteiger partial charge in [0.2, 0.25) is 5.91 Å². The summed E-state index contributed by atoms with van der Waals surface area (Å²) in [7, 11) is -3.07. The monoisotopic (exact) mass is 398 g/mol. The number of para-hydroxylation sites is 1. The number of anilines is 1. The van der Waals surface area contributed by atoms with Crippen LogP contribution in [0.25, 0.3) is 0 Å². The van der Waals surface area contributed by atoms with E-state index in [1.807, 2.05) is 48.5 Å². The molecule has 148 valence electrons. The second-order valence-corrected chi connectivity index (χ2v) is 9.92. The maximum Gasteiger partial charge on any atom is 0.241 e. The molecule has 2 aliphatic heterocycles. The first-order valence-corrected chi connectivity index (χ1v) is 11.7. The molecule has 4 rings (SSSR count). The van der Waals surface area contributed by atoms with Gasteiger partial charge in [-0.1, -0.05) is 48.5 Å². The van der Waals surface area contributed by atoms with Gasteiger partial charge in [-0.05, 0) is 43.5 Å². The minimum Gasteiger partial charge on any atom is -0.307 e. The Hall–Kier alpha value is -2.18. The zero-order valence-electron chi connectivity index (χ0n) is 15.9. The fraction of sp³-hybridized carbons (Fsp3) is 0.409. The summed E-state index contributed by atoms with van der Waals surface area (Å²) in [5.41, 5.74) is 2.02. The van der Waals surface area contributed by atoms with E-state index < -0.39 is 9.84 Å². The molecule has 28 heavy (non-hydrogen) atoms. The number of hydrogen-bond donors (Lipinski definition) is 0. The average Bonchev–Trinajstić information content (AvgIpc) is 3.29. The van der Waals surface area contributed by atoms with Crippen LogP contribution in [0.4, 0.5) is 5.69 Å². The third-order valence-electron chi connectivity index (χ3n) is 5.76. The van der Waals surface area contributed by atoms with Gasteiger partial charge in [-0.25, -0.2) is 8.42 Å². The van der Waals surface area contributed by atoms with Crippen LogP contribution in [0.5, 0.6) is 0 Å². The maximum atomic E-state index is 13.4. The van der Waals surface area contributed by atoms with E-state index in [1.54, 1.807) is 4.90 Å². The Morgan fingerprint density at radius 3 is 2.32 bits per heavy atom. The minimum atomic E-state index is -3.07. The Bertz CT molecular complexity index is 915. The first-order valence-electron chi connectivity index (χ1n) is 9.90. The summed E-state index contributed by atoms with van der Waals surface area (Å²) in [5, 5.41) is 0. The molecule has 5 nitrogen and oxygen atoms in total. The van der Waals surface area contributed by atoms with Crippen LogP contribution in [0.3, 0.4) is 0 Å². The van der Waals surface area contributed by atoms with E-state index in [0.29, 0.717) is 13.0 Å². The van der Waals surface area contributed by atoms with Gasteiger partial charge >= 0.3 is 0 Å². The molecule has 0 aliphatic carbocycles. The molecule has 0 bridgehead atoms. The molecule has 0 saturated carbocycles. The van der Waals surface area contributed by atoms with E-state index >= 15 is 0 Å². The summed E-state index contributed by atoms with van der Waals surface area (Å²) < 4.78 is 24.1. The second kappa shape index (κ2) is 8.05. The fourth-order valence-corrected chi connectivity index (χ4v) is 6.14. The first kappa shape index (κ1) is 19.2. The zero-order chi connectivity index (χ0) is 19.6. The van der Waals surface area contributed by atoms with Gasteiger partial charge in [-0.15, -0.1) is 0 Å². The molecule has 6 heteroatoms. The average molecular weight is 399 g/mol. The summed E-state index contributed by atoms with van der Waals surface area (Å²) in [6.45, 7) is 1.20. The van der Waals surface area contributed by atoms with Crippen LogP contribution in [0.2, 0.25) is 0 Å². The van der Waals surface area contributed by atoms with E-state index in [2.05, 4.69) is 17.0 Å². The van der Waals surface area contributed by atoms with Crippen molar-refractivity contribution >= 4 is 21.4 Å². The molecule has 0 radical (unpaired) electrons. The molecule has 0 spiro atoms. The molecular weight excluding hydrogens is 372 g/mol. The third-order valence-corrected chi connectivity index (χ3v) is 7.51. The number of likely N-dealkylation sites (tertiary alicyclic amines) is 1. The molecule has 2 saturated heterocycles. The van der Waals surface area contributed by atoms with Crippen LogP contribution in [-0.2, 0) is 14.6 Å². The number of carbonyl (C=O) groups excluding carboxylic acids is 1. The number of carbonyl (C=O) groups is 1. The van der Waals surface area contributed by atoms with Gasteiger partial charge in [0, 0.05) is 11.7 Å². The first-order chi connectivity index (χ1) is 13.5. The minimum absolute atomic E-state index is 0.0175. The van der Waals surface area contributed by atoms with Crippen molar-refractivity contribution in [3.63, 3.8) is 0 Å². The molecule has 2 aromatic carbocycles. The normalized spacial score (nSPS) is 24.3. The highest BCUT2D eigenvalue weighted by molar-refractivity contribution is 7.91. The van der Waals surface area contributed by atoms with Gasteiger partial charge in [0.05, 0.1) is 24.1 Å². The van der Waals surface area contributed by atoms with Crippen LogP contribution in [0.1, 0.15) is 30.9 Å². The summed E-state index contributed by atoms with van der Waals surface area (Å²) in [4.78, 5) is 17.3. The predicted molar refractivity (Wildman–Crippen MR) is 111 cm³/mol. The predicted octanol–water partition coefficient (Wildman–Crippen LogP) is 3.04. The van der Waals surface area contributed by atoms with E-state index in [-0.39, 0.29) is 29.5 Å². The van der Waals surface area contributed by atoms with Gasteiger partial charge in [0.25, 0.3) is 0 Å². The van der Waals surface area contributed by atoms with Crippen molar-refractivity contribution < 1.29 is 13.2 Å². The number of nitrogens with zero attached hydrogens (tertiary/aromatic N) is 2. The fourth-order valence-electron chi connectivity index (χ4n) is 4.44. The SMILES string of the molecule is O=C(CN1CCC[C@H]1c1ccccc1)N(c1ccccc1)[C@H]1CCS(=O)(=O)C1. The lowest BCUT2D eigenvalue weighted by Gasteiger charge is -2.32. The Labute approximate surface area is 166 Å². The number of benzene rings is 2. The second-order valence-electron chi connectivity index (χ2n) is 7.70. The molecule has 2 fully saturated rings. The molecule has 1 amide bonds. The van der Waals surface area contributed by atoms with Crippen molar-refractivity contribution in [1.29, 1.82) is 0 Å². The zero-order valence-corrected chi connectivity index (χ0v) is 16.7. The van der Waals surface area contributed by atoms with E-state index in [0.717, 1.165) is 25.1 Å². The van der Waals surface area contributed by atoms with Crippen LogP contribution in [0.15, 0.2) is 60.7 Å². The lowest BCUT2D eigenvalue weighted by atomic mass is 10.0. The van der Waals surface area contributed by atoms with Crippen molar-refractivity contribution in [2.45, 2.75) is 31.3 Å². The summed E-state index contributed by atoms with van der Waals surface area (Å²) in [5.74, 6) is 0.191. The van der Waals surface area contributed by atoms with E-state index in [9.17, 15) is 13.2 Å². The van der Waals surface area contributed by atoms with Crippen molar-refractivity contribution in [3.05, 3.63) is 66.2 Å². The molecule has 2 heterocycles. The Morgan fingerprint density at radius 1 is 1.00 bits per heavy atom.